The normalized spacial score (nSPS) is 10.3. The van der Waals surface area contributed by atoms with Gasteiger partial charge in [0.15, 0.2) is 5.11 Å². The molecule has 0 heterocycles. The molecule has 0 atom stereocenters. The molecule has 0 aliphatic carbocycles. The van der Waals surface area contributed by atoms with Crippen molar-refractivity contribution in [3.8, 4) is 5.75 Å². The van der Waals surface area contributed by atoms with Crippen LogP contribution in [-0.4, -0.2) is 24.0 Å². The average Bonchev–Trinajstić information content (AvgIpc) is 2.60. The highest BCUT2D eigenvalue weighted by atomic mass is 35.5. The fraction of sp³-hybridized carbons (Fsp3) is 0.316. The van der Waals surface area contributed by atoms with Crippen molar-refractivity contribution in [2.24, 2.45) is 0 Å². The second-order valence-corrected chi connectivity index (χ2v) is 7.32. The van der Waals surface area contributed by atoms with Crippen molar-refractivity contribution in [3.63, 3.8) is 0 Å². The molecule has 0 fully saturated rings. The lowest BCUT2D eigenvalue weighted by atomic mass is 10.2. The van der Waals surface area contributed by atoms with Crippen LogP contribution in [0.5, 0.6) is 5.75 Å². The SMILES string of the molecule is CCOc1cccc(NC(=S)NCCCSCc2ccc(Cl)cc2)c1. The molecule has 0 unspecified atom stereocenters. The van der Waals surface area contributed by atoms with E-state index in [4.69, 9.17) is 28.6 Å². The van der Waals surface area contributed by atoms with Gasteiger partial charge in [-0.3, -0.25) is 0 Å². The zero-order valence-electron chi connectivity index (χ0n) is 14.3. The fourth-order valence-electron chi connectivity index (χ4n) is 2.15. The first-order chi connectivity index (χ1) is 12.2. The van der Waals surface area contributed by atoms with Crippen molar-refractivity contribution in [2.45, 2.75) is 19.1 Å². The van der Waals surface area contributed by atoms with Gasteiger partial charge in [-0.25, -0.2) is 0 Å². The molecular weight excluding hydrogens is 372 g/mol. The second kappa shape index (κ2) is 11.2. The summed E-state index contributed by atoms with van der Waals surface area (Å²) in [5.41, 5.74) is 2.23. The van der Waals surface area contributed by atoms with Gasteiger partial charge in [0, 0.05) is 29.1 Å². The highest BCUT2D eigenvalue weighted by Gasteiger charge is 2.00. The summed E-state index contributed by atoms with van der Waals surface area (Å²) in [5, 5.41) is 7.84. The van der Waals surface area contributed by atoms with E-state index in [-0.39, 0.29) is 0 Å². The number of halogens is 1. The number of thiocarbonyl (C=S) groups is 1. The maximum absolute atomic E-state index is 5.89. The molecule has 2 N–H and O–H groups in total. The number of benzene rings is 2. The smallest absolute Gasteiger partial charge is 0.170 e. The van der Waals surface area contributed by atoms with Crippen LogP contribution >= 0.6 is 35.6 Å². The molecule has 2 rings (SSSR count). The molecule has 2 aromatic carbocycles. The van der Waals surface area contributed by atoms with E-state index in [0.717, 1.165) is 40.9 Å². The van der Waals surface area contributed by atoms with E-state index in [1.807, 2.05) is 55.1 Å². The Labute approximate surface area is 164 Å². The molecule has 0 saturated carbocycles. The minimum atomic E-state index is 0.636. The molecule has 2 aromatic rings. The van der Waals surface area contributed by atoms with E-state index in [9.17, 15) is 0 Å². The van der Waals surface area contributed by atoms with E-state index in [0.29, 0.717) is 11.7 Å². The average molecular weight is 395 g/mol. The third kappa shape index (κ3) is 7.99. The molecule has 3 nitrogen and oxygen atoms in total. The van der Waals surface area contributed by atoms with Crippen LogP contribution in [0.4, 0.5) is 5.69 Å². The molecule has 0 saturated heterocycles. The zero-order valence-corrected chi connectivity index (χ0v) is 16.6. The zero-order chi connectivity index (χ0) is 17.9. The number of anilines is 1. The van der Waals surface area contributed by atoms with Gasteiger partial charge in [0.2, 0.25) is 0 Å². The van der Waals surface area contributed by atoms with Crippen molar-refractivity contribution in [1.82, 2.24) is 5.32 Å². The Morgan fingerprint density at radius 3 is 2.76 bits per heavy atom. The molecule has 0 amide bonds. The Morgan fingerprint density at radius 1 is 1.20 bits per heavy atom. The van der Waals surface area contributed by atoms with Crippen LogP contribution in [0, 0.1) is 0 Å². The summed E-state index contributed by atoms with van der Waals surface area (Å²) in [6.07, 6.45) is 1.05. The lowest BCUT2D eigenvalue weighted by molar-refractivity contribution is 0.340. The van der Waals surface area contributed by atoms with Gasteiger partial charge in [0.1, 0.15) is 5.75 Å². The number of hydrogen-bond acceptors (Lipinski definition) is 3. The maximum Gasteiger partial charge on any atom is 0.170 e. The van der Waals surface area contributed by atoms with Gasteiger partial charge in [-0.2, -0.15) is 11.8 Å². The summed E-state index contributed by atoms with van der Waals surface area (Å²) in [6, 6.07) is 15.8. The monoisotopic (exact) mass is 394 g/mol. The predicted molar refractivity (Wildman–Crippen MR) is 114 cm³/mol. The topological polar surface area (TPSA) is 33.3 Å². The van der Waals surface area contributed by atoms with Crippen LogP contribution in [0.15, 0.2) is 48.5 Å². The summed E-state index contributed by atoms with van der Waals surface area (Å²) in [5.74, 6) is 2.93. The van der Waals surface area contributed by atoms with Crippen molar-refractivity contribution < 1.29 is 4.74 Å². The molecule has 0 aliphatic heterocycles. The number of thioether (sulfide) groups is 1. The molecule has 25 heavy (non-hydrogen) atoms. The van der Waals surface area contributed by atoms with Crippen LogP contribution < -0.4 is 15.4 Å². The molecule has 0 radical (unpaired) electrons. The first-order valence-corrected chi connectivity index (χ1v) is 10.2. The number of hydrogen-bond donors (Lipinski definition) is 2. The number of nitrogens with one attached hydrogen (secondary N) is 2. The first-order valence-electron chi connectivity index (χ1n) is 8.27. The fourth-order valence-corrected chi connectivity index (χ4v) is 3.42. The van der Waals surface area contributed by atoms with E-state index in [1.54, 1.807) is 0 Å². The molecule has 0 spiro atoms. The first kappa shape index (κ1) is 19.9. The maximum atomic E-state index is 5.89. The molecule has 6 heteroatoms. The summed E-state index contributed by atoms with van der Waals surface area (Å²) in [6.45, 7) is 3.47. The van der Waals surface area contributed by atoms with E-state index >= 15 is 0 Å². The van der Waals surface area contributed by atoms with E-state index in [1.165, 1.54) is 5.56 Å². The minimum Gasteiger partial charge on any atom is -0.494 e. The largest absolute Gasteiger partial charge is 0.494 e. The Hall–Kier alpha value is -1.43. The Morgan fingerprint density at radius 2 is 2.00 bits per heavy atom. The van der Waals surface area contributed by atoms with Gasteiger partial charge in [-0.1, -0.05) is 29.8 Å². The predicted octanol–water partition coefficient (Wildman–Crippen LogP) is 5.35. The van der Waals surface area contributed by atoms with Crippen molar-refractivity contribution in [1.29, 1.82) is 0 Å². The van der Waals surface area contributed by atoms with Crippen molar-refractivity contribution in [2.75, 3.05) is 24.2 Å². The molecule has 134 valence electrons. The quantitative estimate of drug-likeness (QED) is 0.442. The summed E-state index contributed by atoms with van der Waals surface area (Å²) >= 11 is 13.1. The Bertz CT molecular complexity index is 665. The highest BCUT2D eigenvalue weighted by molar-refractivity contribution is 7.98. The summed E-state index contributed by atoms with van der Waals surface area (Å²) < 4.78 is 5.48. The van der Waals surface area contributed by atoms with Crippen molar-refractivity contribution in [3.05, 3.63) is 59.1 Å². The van der Waals surface area contributed by atoms with Crippen molar-refractivity contribution >= 4 is 46.4 Å². The minimum absolute atomic E-state index is 0.636. The molecule has 0 aromatic heterocycles. The number of ether oxygens (including phenoxy) is 1. The summed E-state index contributed by atoms with van der Waals surface area (Å²) in [7, 11) is 0. The molecule has 0 bridgehead atoms. The standard InChI is InChI=1S/C19H23ClN2OS2/c1-2-23-18-6-3-5-17(13-18)22-19(24)21-11-4-12-25-14-15-7-9-16(20)10-8-15/h3,5-10,13H,2,4,11-12,14H2,1H3,(H2,21,22,24). The highest BCUT2D eigenvalue weighted by Crippen LogP contribution is 2.17. The second-order valence-electron chi connectivity index (χ2n) is 5.37. The molecular formula is C19H23ClN2OS2. The third-order valence-electron chi connectivity index (χ3n) is 3.34. The van der Waals surface area contributed by atoms with Gasteiger partial charge < -0.3 is 15.4 Å². The Kier molecular flexibility index (Phi) is 8.94. The van der Waals surface area contributed by atoms with Crippen LogP contribution in [0.3, 0.4) is 0 Å². The lowest BCUT2D eigenvalue weighted by Crippen LogP contribution is -2.29. The van der Waals surface area contributed by atoms with Crippen LogP contribution in [0.2, 0.25) is 5.02 Å². The molecule has 0 aliphatic rings. The van der Waals surface area contributed by atoms with E-state index < -0.39 is 0 Å². The summed E-state index contributed by atoms with van der Waals surface area (Å²) in [4.78, 5) is 0. The van der Waals surface area contributed by atoms with Crippen LogP contribution in [-0.2, 0) is 5.75 Å². The van der Waals surface area contributed by atoms with Gasteiger partial charge in [-0.15, -0.1) is 0 Å². The van der Waals surface area contributed by atoms with Crippen LogP contribution in [0.25, 0.3) is 0 Å². The van der Waals surface area contributed by atoms with Gasteiger partial charge >= 0.3 is 0 Å². The lowest BCUT2D eigenvalue weighted by Gasteiger charge is -2.11. The number of rotatable bonds is 9. The van der Waals surface area contributed by atoms with Gasteiger partial charge in [-0.05, 0) is 61.1 Å². The third-order valence-corrected chi connectivity index (χ3v) is 4.95. The Balaban J connectivity index is 1.59. The van der Waals surface area contributed by atoms with Gasteiger partial charge in [0.05, 0.1) is 6.61 Å². The van der Waals surface area contributed by atoms with Gasteiger partial charge in [0.25, 0.3) is 0 Å². The van der Waals surface area contributed by atoms with E-state index in [2.05, 4.69) is 22.8 Å². The van der Waals surface area contributed by atoms with Crippen LogP contribution in [0.1, 0.15) is 18.9 Å².